The summed E-state index contributed by atoms with van der Waals surface area (Å²) in [5, 5.41) is 19.3. The van der Waals surface area contributed by atoms with E-state index in [1.165, 1.54) is 0 Å². The molecule has 7 nitrogen and oxygen atoms in total. The van der Waals surface area contributed by atoms with Gasteiger partial charge in [-0.15, -0.1) is 0 Å². The van der Waals surface area contributed by atoms with Crippen molar-refractivity contribution in [3.63, 3.8) is 0 Å². The first-order valence-electron chi connectivity index (χ1n) is 5.49. The van der Waals surface area contributed by atoms with Crippen molar-refractivity contribution in [1.29, 1.82) is 0 Å². The van der Waals surface area contributed by atoms with Crippen molar-refractivity contribution in [2.45, 2.75) is 18.9 Å². The van der Waals surface area contributed by atoms with Crippen molar-refractivity contribution in [3.8, 4) is 0 Å². The van der Waals surface area contributed by atoms with Crippen LogP contribution in [-0.4, -0.2) is 39.1 Å². The van der Waals surface area contributed by atoms with E-state index in [4.69, 9.17) is 45.0 Å². The molecule has 10 heteroatoms. The summed E-state index contributed by atoms with van der Waals surface area (Å²) < 4.78 is 0. The molecule has 0 saturated heterocycles. The maximum absolute atomic E-state index is 11.9. The normalized spacial score (nSPS) is 11.8. The van der Waals surface area contributed by atoms with Crippen molar-refractivity contribution in [3.05, 3.63) is 27.0 Å². The molecule has 0 aliphatic rings. The number of nitrogens with zero attached hydrogens (tertiary/aromatic N) is 1. The zero-order valence-electron chi connectivity index (χ0n) is 10.3. The van der Waals surface area contributed by atoms with Gasteiger partial charge in [0.2, 0.25) is 0 Å². The van der Waals surface area contributed by atoms with Gasteiger partial charge in [-0.05, 0) is 6.42 Å². The molecular formula is C11H9Cl3N2O5. The number of rotatable bonds is 6. The predicted octanol–water partition coefficient (Wildman–Crippen LogP) is 2.09. The lowest BCUT2D eigenvalue weighted by Gasteiger charge is -2.14. The second kappa shape index (κ2) is 7.44. The molecule has 0 aromatic carbocycles. The van der Waals surface area contributed by atoms with E-state index in [0.717, 1.165) is 6.20 Å². The zero-order chi connectivity index (χ0) is 16.2. The van der Waals surface area contributed by atoms with Crippen molar-refractivity contribution in [2.24, 2.45) is 0 Å². The zero-order valence-corrected chi connectivity index (χ0v) is 12.5. The molecular weight excluding hydrogens is 346 g/mol. The molecule has 1 heterocycles. The lowest BCUT2D eigenvalue weighted by atomic mass is 10.1. The summed E-state index contributed by atoms with van der Waals surface area (Å²) in [5.74, 6) is -3.45. The highest BCUT2D eigenvalue weighted by Gasteiger charge is 2.24. The number of carbonyl (C=O) groups excluding carboxylic acids is 1. The quantitative estimate of drug-likeness (QED) is 0.719. The molecule has 0 radical (unpaired) electrons. The summed E-state index contributed by atoms with van der Waals surface area (Å²) in [7, 11) is 0. The molecule has 0 fully saturated rings. The van der Waals surface area contributed by atoms with Crippen LogP contribution < -0.4 is 5.32 Å². The minimum Gasteiger partial charge on any atom is -0.481 e. The summed E-state index contributed by atoms with van der Waals surface area (Å²) in [6.07, 6.45) is 0.396. The monoisotopic (exact) mass is 354 g/mol. The fourth-order valence-electron chi connectivity index (χ4n) is 1.35. The van der Waals surface area contributed by atoms with Gasteiger partial charge in [-0.1, -0.05) is 34.8 Å². The van der Waals surface area contributed by atoms with E-state index in [2.05, 4.69) is 10.3 Å². The van der Waals surface area contributed by atoms with Gasteiger partial charge in [0.1, 0.15) is 11.7 Å². The van der Waals surface area contributed by atoms with Crippen molar-refractivity contribution in [2.75, 3.05) is 0 Å². The number of carboxylic acid groups (broad SMARTS) is 2. The van der Waals surface area contributed by atoms with E-state index < -0.39 is 30.3 Å². The Morgan fingerprint density at radius 2 is 1.81 bits per heavy atom. The van der Waals surface area contributed by atoms with Crippen LogP contribution in [0.5, 0.6) is 0 Å². The van der Waals surface area contributed by atoms with Gasteiger partial charge >= 0.3 is 11.9 Å². The average Bonchev–Trinajstić information content (AvgIpc) is 2.40. The highest BCUT2D eigenvalue weighted by atomic mass is 35.5. The second-order valence-corrected chi connectivity index (χ2v) is 5.04. The van der Waals surface area contributed by atoms with Gasteiger partial charge in [0.15, 0.2) is 0 Å². The van der Waals surface area contributed by atoms with Gasteiger partial charge in [0, 0.05) is 12.6 Å². The Bertz CT molecular complexity index is 593. The molecule has 21 heavy (non-hydrogen) atoms. The third kappa shape index (κ3) is 4.73. The summed E-state index contributed by atoms with van der Waals surface area (Å²) in [6.45, 7) is 0. The molecule has 0 aliphatic carbocycles. The predicted molar refractivity (Wildman–Crippen MR) is 75.0 cm³/mol. The van der Waals surface area contributed by atoms with E-state index in [9.17, 15) is 14.4 Å². The second-order valence-electron chi connectivity index (χ2n) is 3.88. The van der Waals surface area contributed by atoms with E-state index in [0.29, 0.717) is 0 Å². The summed E-state index contributed by atoms with van der Waals surface area (Å²) in [4.78, 5) is 37.0. The number of aliphatic carboxylic acids is 2. The van der Waals surface area contributed by atoms with Crippen molar-refractivity contribution >= 4 is 52.6 Å². The molecule has 3 N–H and O–H groups in total. The number of carbonyl (C=O) groups is 3. The molecule has 1 atom stereocenters. The smallest absolute Gasteiger partial charge is 0.326 e. The van der Waals surface area contributed by atoms with Crippen LogP contribution in [0, 0.1) is 0 Å². The first-order valence-corrected chi connectivity index (χ1v) is 6.62. The number of hydrogen-bond donors (Lipinski definition) is 3. The van der Waals surface area contributed by atoms with Crippen LogP contribution in [0.4, 0.5) is 0 Å². The largest absolute Gasteiger partial charge is 0.481 e. The fraction of sp³-hybridized carbons (Fsp3) is 0.273. The SMILES string of the molecule is O=C(O)CC[C@H](NC(=O)c1ncc(Cl)c(Cl)c1Cl)C(=O)O. The molecule has 0 saturated carbocycles. The number of hydrogen-bond acceptors (Lipinski definition) is 4. The van der Waals surface area contributed by atoms with E-state index in [1.54, 1.807) is 0 Å². The molecule has 1 aromatic heterocycles. The van der Waals surface area contributed by atoms with Gasteiger partial charge in [0.25, 0.3) is 5.91 Å². The molecule has 0 spiro atoms. The third-order valence-electron chi connectivity index (χ3n) is 2.38. The number of nitrogens with one attached hydrogen (secondary N) is 1. The minimum absolute atomic E-state index is 0.0406. The Labute approximate surface area is 133 Å². The van der Waals surface area contributed by atoms with E-state index in [-0.39, 0.29) is 27.2 Å². The molecule has 1 amide bonds. The van der Waals surface area contributed by atoms with Gasteiger partial charge in [-0.2, -0.15) is 0 Å². The average molecular weight is 356 g/mol. The summed E-state index contributed by atoms with van der Waals surface area (Å²) in [6, 6.07) is -1.39. The van der Waals surface area contributed by atoms with Crippen LogP contribution in [0.15, 0.2) is 6.20 Å². The lowest BCUT2D eigenvalue weighted by molar-refractivity contribution is -0.140. The van der Waals surface area contributed by atoms with Crippen molar-refractivity contribution < 1.29 is 24.6 Å². The minimum atomic E-state index is -1.39. The third-order valence-corrected chi connectivity index (χ3v) is 3.62. The van der Waals surface area contributed by atoms with Gasteiger partial charge in [0.05, 0.1) is 15.1 Å². The van der Waals surface area contributed by atoms with Crippen LogP contribution in [-0.2, 0) is 9.59 Å². The van der Waals surface area contributed by atoms with Crippen molar-refractivity contribution in [1.82, 2.24) is 10.3 Å². The Kier molecular flexibility index (Phi) is 6.19. The Balaban J connectivity index is 2.90. The number of carboxylic acids is 2. The molecule has 114 valence electrons. The number of pyridine rings is 1. The fourth-order valence-corrected chi connectivity index (χ4v) is 1.92. The molecule has 0 aliphatic heterocycles. The molecule has 0 bridgehead atoms. The highest BCUT2D eigenvalue weighted by Crippen LogP contribution is 2.31. The maximum atomic E-state index is 11.9. The van der Waals surface area contributed by atoms with Gasteiger partial charge in [-0.3, -0.25) is 9.59 Å². The van der Waals surface area contributed by atoms with Crippen LogP contribution in [0.25, 0.3) is 0 Å². The standard InChI is InChI=1S/C11H9Cl3N2O5/c12-4-3-15-9(8(14)7(4)13)10(19)16-5(11(20)21)1-2-6(17)18/h3,5H,1-2H2,(H,16,19)(H,17,18)(H,20,21)/t5-/m0/s1. The molecule has 0 unspecified atom stereocenters. The Morgan fingerprint density at radius 1 is 1.19 bits per heavy atom. The van der Waals surface area contributed by atoms with E-state index >= 15 is 0 Å². The van der Waals surface area contributed by atoms with Crippen LogP contribution in [0.2, 0.25) is 15.1 Å². The maximum Gasteiger partial charge on any atom is 0.326 e. The Hall–Kier alpha value is -1.57. The molecule has 1 aromatic rings. The highest BCUT2D eigenvalue weighted by molar-refractivity contribution is 6.48. The summed E-state index contributed by atoms with van der Waals surface area (Å²) >= 11 is 17.2. The van der Waals surface area contributed by atoms with Gasteiger partial charge < -0.3 is 15.5 Å². The van der Waals surface area contributed by atoms with Crippen LogP contribution in [0.3, 0.4) is 0 Å². The van der Waals surface area contributed by atoms with E-state index in [1.807, 2.05) is 0 Å². The number of amides is 1. The lowest BCUT2D eigenvalue weighted by Crippen LogP contribution is -2.41. The van der Waals surface area contributed by atoms with Crippen LogP contribution >= 0.6 is 34.8 Å². The molecule has 1 rings (SSSR count). The topological polar surface area (TPSA) is 117 Å². The number of aromatic nitrogens is 1. The Morgan fingerprint density at radius 3 is 2.33 bits per heavy atom. The number of halogens is 3. The van der Waals surface area contributed by atoms with Gasteiger partial charge in [-0.25, -0.2) is 9.78 Å². The summed E-state index contributed by atoms with van der Waals surface area (Å²) in [5.41, 5.74) is -0.298. The first-order chi connectivity index (χ1) is 9.73. The van der Waals surface area contributed by atoms with Crippen LogP contribution in [0.1, 0.15) is 23.3 Å². The first kappa shape index (κ1) is 17.5.